The van der Waals surface area contributed by atoms with Crippen molar-refractivity contribution in [2.75, 3.05) is 18.8 Å². The summed E-state index contributed by atoms with van der Waals surface area (Å²) in [4.78, 5) is 0. The first kappa shape index (κ1) is 17.9. The SMILES string of the molecule is CCC1CCC(O)(CNCCS(=O)(=O)C(C)(C)C)CC1. The first-order valence-corrected chi connectivity index (χ1v) is 9.40. The molecule has 0 aromatic heterocycles. The van der Waals surface area contributed by atoms with Crippen LogP contribution < -0.4 is 5.32 Å². The molecule has 0 aromatic rings. The lowest BCUT2D eigenvalue weighted by molar-refractivity contribution is -0.00811. The van der Waals surface area contributed by atoms with Crippen LogP contribution >= 0.6 is 0 Å². The fourth-order valence-electron chi connectivity index (χ4n) is 2.63. The molecule has 5 heteroatoms. The standard InChI is InChI=1S/C15H31NO3S/c1-5-13-6-8-15(17,9-7-13)12-16-10-11-20(18,19)14(2,3)4/h13,16-17H,5-12H2,1-4H3. The zero-order valence-electron chi connectivity index (χ0n) is 13.4. The van der Waals surface area contributed by atoms with Crippen LogP contribution in [-0.2, 0) is 9.84 Å². The molecule has 0 aromatic carbocycles. The van der Waals surface area contributed by atoms with Crippen LogP contribution in [0.1, 0.15) is 59.8 Å². The maximum absolute atomic E-state index is 12.0. The quantitative estimate of drug-likeness (QED) is 0.738. The third-order valence-corrected chi connectivity index (χ3v) is 7.16. The van der Waals surface area contributed by atoms with Gasteiger partial charge in [-0.05, 0) is 52.4 Å². The second-order valence-corrected chi connectivity index (χ2v) is 10.0. The maximum Gasteiger partial charge on any atom is 0.156 e. The van der Waals surface area contributed by atoms with Gasteiger partial charge in [-0.3, -0.25) is 0 Å². The molecule has 1 aliphatic carbocycles. The van der Waals surface area contributed by atoms with E-state index in [1.807, 2.05) is 0 Å². The van der Waals surface area contributed by atoms with E-state index in [0.717, 1.165) is 31.6 Å². The number of rotatable bonds is 6. The second kappa shape index (κ2) is 6.75. The minimum Gasteiger partial charge on any atom is -0.389 e. The van der Waals surface area contributed by atoms with E-state index < -0.39 is 20.2 Å². The van der Waals surface area contributed by atoms with Crippen molar-refractivity contribution in [1.82, 2.24) is 5.32 Å². The Kier molecular flexibility index (Phi) is 6.05. The molecule has 0 amide bonds. The number of hydrogen-bond acceptors (Lipinski definition) is 4. The van der Waals surface area contributed by atoms with Gasteiger partial charge in [-0.1, -0.05) is 13.3 Å². The molecule has 0 aliphatic heterocycles. The van der Waals surface area contributed by atoms with Crippen LogP contribution in [0.15, 0.2) is 0 Å². The highest BCUT2D eigenvalue weighted by atomic mass is 32.2. The van der Waals surface area contributed by atoms with E-state index in [1.54, 1.807) is 20.8 Å². The predicted octanol–water partition coefficient (Wildman–Crippen LogP) is 2.12. The highest BCUT2D eigenvalue weighted by Gasteiger charge is 2.33. The minimum absolute atomic E-state index is 0.129. The third kappa shape index (κ3) is 5.01. The van der Waals surface area contributed by atoms with E-state index in [1.165, 1.54) is 6.42 Å². The lowest BCUT2D eigenvalue weighted by Gasteiger charge is -2.36. The van der Waals surface area contributed by atoms with Gasteiger partial charge in [0.25, 0.3) is 0 Å². The highest BCUT2D eigenvalue weighted by Crippen LogP contribution is 2.33. The maximum atomic E-state index is 12.0. The summed E-state index contributed by atoms with van der Waals surface area (Å²) in [7, 11) is -3.08. The minimum atomic E-state index is -3.08. The van der Waals surface area contributed by atoms with Crippen LogP contribution in [0.25, 0.3) is 0 Å². The summed E-state index contributed by atoms with van der Waals surface area (Å²) in [6.45, 7) is 8.29. The van der Waals surface area contributed by atoms with Crippen molar-refractivity contribution in [1.29, 1.82) is 0 Å². The zero-order chi connectivity index (χ0) is 15.4. The Bertz CT molecular complexity index is 390. The van der Waals surface area contributed by atoms with E-state index >= 15 is 0 Å². The lowest BCUT2D eigenvalue weighted by Crippen LogP contribution is -2.45. The third-order valence-electron chi connectivity index (χ3n) is 4.55. The summed E-state index contributed by atoms with van der Waals surface area (Å²) in [5.41, 5.74) is -0.642. The largest absolute Gasteiger partial charge is 0.389 e. The average molecular weight is 305 g/mol. The van der Waals surface area contributed by atoms with Gasteiger partial charge in [-0.25, -0.2) is 8.42 Å². The van der Waals surface area contributed by atoms with Gasteiger partial charge in [-0.2, -0.15) is 0 Å². The molecule has 20 heavy (non-hydrogen) atoms. The van der Waals surface area contributed by atoms with Gasteiger partial charge in [0.15, 0.2) is 9.84 Å². The van der Waals surface area contributed by atoms with Crippen LogP contribution in [0.2, 0.25) is 0 Å². The smallest absolute Gasteiger partial charge is 0.156 e. The van der Waals surface area contributed by atoms with E-state index in [2.05, 4.69) is 12.2 Å². The van der Waals surface area contributed by atoms with Gasteiger partial charge in [-0.15, -0.1) is 0 Å². The first-order chi connectivity index (χ1) is 9.10. The van der Waals surface area contributed by atoms with Gasteiger partial charge >= 0.3 is 0 Å². The normalized spacial score (nSPS) is 28.6. The number of nitrogens with one attached hydrogen (secondary N) is 1. The topological polar surface area (TPSA) is 66.4 Å². The molecule has 4 nitrogen and oxygen atoms in total. The molecule has 1 saturated carbocycles. The van der Waals surface area contributed by atoms with Gasteiger partial charge < -0.3 is 10.4 Å². The van der Waals surface area contributed by atoms with Crippen molar-refractivity contribution in [3.63, 3.8) is 0 Å². The molecule has 0 unspecified atom stereocenters. The van der Waals surface area contributed by atoms with Gasteiger partial charge in [0.2, 0.25) is 0 Å². The number of sulfone groups is 1. The lowest BCUT2D eigenvalue weighted by atomic mass is 9.78. The van der Waals surface area contributed by atoms with Crippen LogP contribution in [0.4, 0.5) is 0 Å². The second-order valence-electron chi connectivity index (χ2n) is 7.18. The molecule has 0 saturated heterocycles. The molecule has 120 valence electrons. The summed E-state index contributed by atoms with van der Waals surface area (Å²) in [5.74, 6) is 0.876. The Morgan fingerprint density at radius 3 is 2.25 bits per heavy atom. The summed E-state index contributed by atoms with van der Waals surface area (Å²) in [6.07, 6.45) is 4.99. The Balaban J connectivity index is 2.32. The number of aliphatic hydroxyl groups is 1. The van der Waals surface area contributed by atoms with Crippen molar-refractivity contribution in [2.45, 2.75) is 70.1 Å². The van der Waals surface area contributed by atoms with Crippen LogP contribution in [0, 0.1) is 5.92 Å². The van der Waals surface area contributed by atoms with Gasteiger partial charge in [0, 0.05) is 13.1 Å². The summed E-state index contributed by atoms with van der Waals surface area (Å²) < 4.78 is 23.2. The van der Waals surface area contributed by atoms with Crippen molar-refractivity contribution in [3.05, 3.63) is 0 Å². The average Bonchev–Trinajstić information content (AvgIpc) is 2.34. The van der Waals surface area contributed by atoms with Crippen molar-refractivity contribution in [3.8, 4) is 0 Å². The number of hydrogen-bond donors (Lipinski definition) is 2. The molecule has 0 radical (unpaired) electrons. The van der Waals surface area contributed by atoms with Crippen molar-refractivity contribution in [2.24, 2.45) is 5.92 Å². The molecule has 1 rings (SSSR count). The molecular weight excluding hydrogens is 274 g/mol. The van der Waals surface area contributed by atoms with E-state index in [9.17, 15) is 13.5 Å². The summed E-state index contributed by atoms with van der Waals surface area (Å²) in [5, 5.41) is 13.6. The van der Waals surface area contributed by atoms with E-state index in [-0.39, 0.29) is 5.75 Å². The Labute approximate surface area is 124 Å². The molecule has 0 atom stereocenters. The Morgan fingerprint density at radius 1 is 1.25 bits per heavy atom. The van der Waals surface area contributed by atoms with E-state index in [4.69, 9.17) is 0 Å². The monoisotopic (exact) mass is 305 g/mol. The van der Waals surface area contributed by atoms with Crippen LogP contribution in [0.3, 0.4) is 0 Å². The summed E-state index contributed by atoms with van der Waals surface area (Å²) in [6, 6.07) is 0. The fraction of sp³-hybridized carbons (Fsp3) is 1.00. The highest BCUT2D eigenvalue weighted by molar-refractivity contribution is 7.92. The molecule has 0 spiro atoms. The Morgan fingerprint density at radius 2 is 1.80 bits per heavy atom. The molecule has 2 N–H and O–H groups in total. The van der Waals surface area contributed by atoms with Crippen LogP contribution in [-0.4, -0.2) is 42.7 Å². The zero-order valence-corrected chi connectivity index (χ0v) is 14.2. The molecular formula is C15H31NO3S. The predicted molar refractivity (Wildman–Crippen MR) is 83.6 cm³/mol. The Hall–Kier alpha value is -0.130. The van der Waals surface area contributed by atoms with Crippen LogP contribution in [0.5, 0.6) is 0 Å². The van der Waals surface area contributed by atoms with Gasteiger partial charge in [0.05, 0.1) is 16.1 Å². The molecule has 1 aliphatic rings. The van der Waals surface area contributed by atoms with Crippen molar-refractivity contribution < 1.29 is 13.5 Å². The van der Waals surface area contributed by atoms with Gasteiger partial charge in [0.1, 0.15) is 0 Å². The molecule has 0 heterocycles. The molecule has 1 fully saturated rings. The summed E-state index contributed by atoms with van der Waals surface area (Å²) >= 11 is 0. The fourth-order valence-corrected chi connectivity index (χ4v) is 3.66. The first-order valence-electron chi connectivity index (χ1n) is 7.75. The van der Waals surface area contributed by atoms with Crippen molar-refractivity contribution >= 4 is 9.84 Å². The molecule has 0 bridgehead atoms. The van der Waals surface area contributed by atoms with E-state index in [0.29, 0.717) is 13.1 Å².